The molecule has 108 valence electrons. The lowest BCUT2D eigenvalue weighted by Crippen LogP contribution is -2.08. The van der Waals surface area contributed by atoms with Gasteiger partial charge in [0.05, 0.1) is 5.56 Å². The second kappa shape index (κ2) is 6.29. The minimum Gasteiger partial charge on any atom is -0.324 e. The Kier molecular flexibility index (Phi) is 5.20. The Morgan fingerprint density at radius 2 is 1.65 bits per heavy atom. The minimum absolute atomic E-state index is 0. The van der Waals surface area contributed by atoms with Crippen molar-refractivity contribution in [2.24, 2.45) is 5.73 Å². The van der Waals surface area contributed by atoms with Crippen LogP contribution in [0.15, 0.2) is 48.5 Å². The Morgan fingerprint density at radius 3 is 2.25 bits per heavy atom. The maximum Gasteiger partial charge on any atom is 0.417 e. The second-order valence-corrected chi connectivity index (χ2v) is 4.46. The Morgan fingerprint density at radius 1 is 1.00 bits per heavy atom. The molecule has 1 unspecified atom stereocenters. The lowest BCUT2D eigenvalue weighted by atomic mass is 9.96. The fraction of sp³-hybridized carbons (Fsp3) is 0.200. The van der Waals surface area contributed by atoms with Crippen molar-refractivity contribution in [1.82, 2.24) is 0 Å². The third-order valence-electron chi connectivity index (χ3n) is 2.96. The monoisotopic (exact) mass is 301 g/mol. The average molecular weight is 302 g/mol. The molecule has 0 amide bonds. The Labute approximate surface area is 122 Å². The third kappa shape index (κ3) is 3.52. The first-order chi connectivity index (χ1) is 8.89. The zero-order chi connectivity index (χ0) is 14.0. The van der Waals surface area contributed by atoms with E-state index in [0.717, 1.165) is 11.6 Å². The highest BCUT2D eigenvalue weighted by Gasteiger charge is 2.33. The normalized spacial score (nSPS) is 12.7. The number of hydrogen-bond acceptors (Lipinski definition) is 1. The number of nitrogens with two attached hydrogens (primary N) is 1. The van der Waals surface area contributed by atoms with Crippen LogP contribution in [-0.4, -0.2) is 0 Å². The highest BCUT2D eigenvalue weighted by molar-refractivity contribution is 5.85. The minimum atomic E-state index is -4.36. The van der Waals surface area contributed by atoms with Crippen molar-refractivity contribution >= 4 is 12.4 Å². The van der Waals surface area contributed by atoms with Crippen LogP contribution in [0.4, 0.5) is 13.2 Å². The number of hydrogen-bond donors (Lipinski definition) is 1. The molecule has 2 N–H and O–H groups in total. The molecule has 0 saturated carbocycles. The molecule has 2 aromatic carbocycles. The van der Waals surface area contributed by atoms with Gasteiger partial charge in [-0.25, -0.2) is 0 Å². The lowest BCUT2D eigenvalue weighted by molar-refractivity contribution is -0.137. The maximum atomic E-state index is 13.0. The lowest BCUT2D eigenvalue weighted by Gasteiger charge is -2.14. The molecule has 20 heavy (non-hydrogen) atoms. The first-order valence-electron chi connectivity index (χ1n) is 5.92. The highest BCUT2D eigenvalue weighted by Crippen LogP contribution is 2.37. The summed E-state index contributed by atoms with van der Waals surface area (Å²) in [5.41, 5.74) is 6.66. The van der Waals surface area contributed by atoms with E-state index in [9.17, 15) is 13.2 Å². The van der Waals surface area contributed by atoms with Crippen molar-refractivity contribution < 1.29 is 13.2 Å². The van der Waals surface area contributed by atoms with Crippen LogP contribution in [0.2, 0.25) is 0 Å². The molecule has 0 aliphatic carbocycles. The van der Waals surface area contributed by atoms with Gasteiger partial charge in [-0.1, -0.05) is 36.4 Å². The Bertz CT molecular complexity index is 579. The van der Waals surface area contributed by atoms with E-state index in [2.05, 4.69) is 0 Å². The van der Waals surface area contributed by atoms with Gasteiger partial charge >= 0.3 is 6.18 Å². The summed E-state index contributed by atoms with van der Waals surface area (Å²) in [7, 11) is 0. The summed E-state index contributed by atoms with van der Waals surface area (Å²) < 4.78 is 38.9. The Hall–Kier alpha value is -1.52. The summed E-state index contributed by atoms with van der Waals surface area (Å²) in [6, 6.07) is 12.2. The van der Waals surface area contributed by atoms with Crippen molar-refractivity contribution in [2.75, 3.05) is 0 Å². The summed E-state index contributed by atoms with van der Waals surface area (Å²) in [5.74, 6) is 0. The molecule has 1 nitrogen and oxygen atoms in total. The number of halogens is 4. The van der Waals surface area contributed by atoms with Gasteiger partial charge in [-0.2, -0.15) is 13.2 Å². The van der Waals surface area contributed by atoms with Gasteiger partial charge in [0.25, 0.3) is 0 Å². The van der Waals surface area contributed by atoms with Crippen LogP contribution < -0.4 is 5.73 Å². The van der Waals surface area contributed by atoms with E-state index in [0.29, 0.717) is 5.56 Å². The molecule has 0 aliphatic heterocycles. The molecule has 0 saturated heterocycles. The Balaban J connectivity index is 0.00000200. The molecule has 0 aliphatic rings. The smallest absolute Gasteiger partial charge is 0.324 e. The SMILES string of the molecule is CC(N)c1cccc(-c2ccccc2C(F)(F)F)c1.Cl. The summed E-state index contributed by atoms with van der Waals surface area (Å²) in [5, 5.41) is 0. The number of benzene rings is 2. The van der Waals surface area contributed by atoms with Gasteiger partial charge < -0.3 is 5.73 Å². The van der Waals surface area contributed by atoms with Crippen LogP contribution >= 0.6 is 12.4 Å². The van der Waals surface area contributed by atoms with E-state index in [1.54, 1.807) is 31.2 Å². The zero-order valence-corrected chi connectivity index (χ0v) is 11.6. The average Bonchev–Trinajstić information content (AvgIpc) is 2.38. The topological polar surface area (TPSA) is 26.0 Å². The van der Waals surface area contributed by atoms with Crippen LogP contribution in [0.5, 0.6) is 0 Å². The van der Waals surface area contributed by atoms with Gasteiger partial charge in [-0.3, -0.25) is 0 Å². The van der Waals surface area contributed by atoms with Crippen molar-refractivity contribution in [3.05, 3.63) is 59.7 Å². The van der Waals surface area contributed by atoms with Crippen LogP contribution in [-0.2, 0) is 6.18 Å². The third-order valence-corrected chi connectivity index (χ3v) is 2.96. The van der Waals surface area contributed by atoms with Crippen molar-refractivity contribution in [2.45, 2.75) is 19.1 Å². The zero-order valence-electron chi connectivity index (χ0n) is 10.8. The van der Waals surface area contributed by atoms with Crippen LogP contribution in [0.3, 0.4) is 0 Å². The predicted octanol–water partition coefficient (Wildman–Crippen LogP) is 4.81. The van der Waals surface area contributed by atoms with Gasteiger partial charge in [0.2, 0.25) is 0 Å². The van der Waals surface area contributed by atoms with Crippen LogP contribution in [0.25, 0.3) is 11.1 Å². The van der Waals surface area contributed by atoms with Crippen molar-refractivity contribution in [3.63, 3.8) is 0 Å². The molecule has 0 spiro atoms. The number of rotatable bonds is 2. The van der Waals surface area contributed by atoms with Gasteiger partial charge in [0.15, 0.2) is 0 Å². The van der Waals surface area contributed by atoms with E-state index in [-0.39, 0.29) is 24.0 Å². The van der Waals surface area contributed by atoms with Crippen LogP contribution in [0, 0.1) is 0 Å². The van der Waals surface area contributed by atoms with E-state index in [1.165, 1.54) is 12.1 Å². The van der Waals surface area contributed by atoms with Crippen molar-refractivity contribution in [1.29, 1.82) is 0 Å². The molecule has 0 bridgehead atoms. The highest BCUT2D eigenvalue weighted by atomic mass is 35.5. The molecule has 0 radical (unpaired) electrons. The van der Waals surface area contributed by atoms with Gasteiger partial charge in [0, 0.05) is 6.04 Å². The molecule has 0 heterocycles. The quantitative estimate of drug-likeness (QED) is 0.846. The van der Waals surface area contributed by atoms with Gasteiger partial charge in [0.1, 0.15) is 0 Å². The number of alkyl halides is 3. The second-order valence-electron chi connectivity index (χ2n) is 4.46. The van der Waals surface area contributed by atoms with Crippen LogP contribution in [0.1, 0.15) is 24.1 Å². The molecule has 2 aromatic rings. The maximum absolute atomic E-state index is 13.0. The van der Waals surface area contributed by atoms with E-state index >= 15 is 0 Å². The fourth-order valence-electron chi connectivity index (χ4n) is 1.97. The molecule has 5 heteroatoms. The first-order valence-corrected chi connectivity index (χ1v) is 5.92. The molecule has 2 rings (SSSR count). The summed E-state index contributed by atoms with van der Waals surface area (Å²) >= 11 is 0. The molecular formula is C15H15ClF3N. The van der Waals surface area contributed by atoms with Crippen molar-refractivity contribution in [3.8, 4) is 11.1 Å². The molecule has 0 aromatic heterocycles. The van der Waals surface area contributed by atoms with E-state index in [1.807, 2.05) is 6.07 Å². The summed E-state index contributed by atoms with van der Waals surface area (Å²) in [6.07, 6.45) is -4.36. The largest absolute Gasteiger partial charge is 0.417 e. The standard InChI is InChI=1S/C15H14F3N.ClH/c1-10(19)11-5-4-6-12(9-11)13-7-2-3-8-14(13)15(16,17)18;/h2-10H,19H2,1H3;1H. The predicted molar refractivity (Wildman–Crippen MR) is 76.7 cm³/mol. The van der Waals surface area contributed by atoms with E-state index < -0.39 is 11.7 Å². The molecule has 0 fully saturated rings. The fourth-order valence-corrected chi connectivity index (χ4v) is 1.97. The molecular weight excluding hydrogens is 287 g/mol. The van der Waals surface area contributed by atoms with E-state index in [4.69, 9.17) is 5.73 Å². The summed E-state index contributed by atoms with van der Waals surface area (Å²) in [6.45, 7) is 1.80. The molecule has 1 atom stereocenters. The van der Waals surface area contributed by atoms with Gasteiger partial charge in [-0.05, 0) is 35.7 Å². The van der Waals surface area contributed by atoms with Gasteiger partial charge in [-0.15, -0.1) is 12.4 Å². The summed E-state index contributed by atoms with van der Waals surface area (Å²) in [4.78, 5) is 0. The first kappa shape index (κ1) is 16.5.